The molecule has 0 aromatic carbocycles. The molecular formula is C21H24FN9O7P2. The van der Waals surface area contributed by atoms with Crippen LogP contribution in [0.4, 0.5) is 10.3 Å². The van der Waals surface area contributed by atoms with Gasteiger partial charge in [-0.25, -0.2) is 19.3 Å². The van der Waals surface area contributed by atoms with Crippen LogP contribution in [-0.2, 0) is 23.0 Å². The van der Waals surface area contributed by atoms with Gasteiger partial charge in [0, 0.05) is 27.3 Å². The van der Waals surface area contributed by atoms with E-state index in [0.717, 1.165) is 0 Å². The number of rotatable bonds is 2. The Morgan fingerprint density at radius 1 is 1.00 bits per heavy atom. The summed E-state index contributed by atoms with van der Waals surface area (Å²) < 4.78 is 48.7. The molecule has 2 bridgehead atoms. The summed E-state index contributed by atoms with van der Waals surface area (Å²) in [7, 11) is -0.567. The number of aromatic amines is 2. The van der Waals surface area contributed by atoms with Gasteiger partial charge in [0.25, 0.3) is 11.1 Å². The fourth-order valence-electron chi connectivity index (χ4n) is 5.23. The molecule has 3 aliphatic rings. The quantitative estimate of drug-likeness (QED) is 0.272. The van der Waals surface area contributed by atoms with Gasteiger partial charge in [0.15, 0.2) is 43.8 Å². The Balaban J connectivity index is 1.09. The molecule has 0 aliphatic carbocycles. The number of anilines is 1. The number of imidazole rings is 2. The van der Waals surface area contributed by atoms with E-state index in [-0.39, 0.29) is 55.6 Å². The van der Waals surface area contributed by atoms with Crippen LogP contribution in [0.25, 0.3) is 22.3 Å². The Labute approximate surface area is 226 Å². The van der Waals surface area contributed by atoms with Gasteiger partial charge in [-0.05, 0) is 0 Å². The van der Waals surface area contributed by atoms with Crippen molar-refractivity contribution in [2.24, 2.45) is 5.92 Å². The average molecular weight is 595 g/mol. The van der Waals surface area contributed by atoms with E-state index < -0.39 is 45.4 Å². The van der Waals surface area contributed by atoms with Crippen molar-refractivity contribution in [1.82, 2.24) is 39.0 Å². The smallest absolute Gasteiger partial charge is 0.280 e. The number of nitrogens with zero attached hydrogens (tertiary/aromatic N) is 6. The molecule has 16 nitrogen and oxygen atoms in total. The van der Waals surface area contributed by atoms with Crippen LogP contribution in [0.1, 0.15) is 18.9 Å². The van der Waals surface area contributed by atoms with Crippen LogP contribution in [0.3, 0.4) is 0 Å². The van der Waals surface area contributed by atoms with Crippen molar-refractivity contribution in [2.75, 3.05) is 25.1 Å². The molecule has 212 valence electrons. The minimum atomic E-state index is -1.49. The number of aromatic nitrogens is 8. The number of alkyl halides is 1. The zero-order chi connectivity index (χ0) is 27.4. The first-order chi connectivity index (χ1) is 19.5. The number of fused-ring (bicyclic) bond motifs is 5. The second-order valence-electron chi connectivity index (χ2n) is 9.60. The second-order valence-corrected chi connectivity index (χ2v) is 11.3. The Kier molecular flexibility index (Phi) is 6.82. The van der Waals surface area contributed by atoms with E-state index in [0.29, 0.717) is 24.8 Å². The van der Waals surface area contributed by atoms with Gasteiger partial charge >= 0.3 is 0 Å². The maximum absolute atomic E-state index is 15.6. The first kappa shape index (κ1) is 26.0. The van der Waals surface area contributed by atoms with Crippen LogP contribution < -0.4 is 16.9 Å². The van der Waals surface area contributed by atoms with Gasteiger partial charge in [0.2, 0.25) is 5.95 Å². The highest BCUT2D eigenvalue weighted by Crippen LogP contribution is 2.42. The van der Waals surface area contributed by atoms with Crippen molar-refractivity contribution in [3.63, 3.8) is 0 Å². The fourth-order valence-corrected chi connectivity index (χ4v) is 6.83. The largest absolute Gasteiger partial charge is 0.369 e. The van der Waals surface area contributed by atoms with Crippen molar-refractivity contribution in [3.05, 3.63) is 39.7 Å². The number of H-pyrrole nitrogens is 2. The molecular weight excluding hydrogens is 571 g/mol. The lowest BCUT2D eigenvalue weighted by Gasteiger charge is -2.22. The molecule has 9 atom stereocenters. The van der Waals surface area contributed by atoms with Gasteiger partial charge in [0.1, 0.15) is 18.4 Å². The van der Waals surface area contributed by atoms with E-state index >= 15 is 4.39 Å². The van der Waals surface area contributed by atoms with Crippen LogP contribution in [0.15, 0.2) is 28.6 Å². The minimum Gasteiger partial charge on any atom is -0.369 e. The van der Waals surface area contributed by atoms with Crippen molar-refractivity contribution in [1.29, 1.82) is 0 Å². The molecule has 40 heavy (non-hydrogen) atoms. The molecule has 4 N–H and O–H groups in total. The van der Waals surface area contributed by atoms with E-state index in [9.17, 15) is 9.59 Å². The maximum atomic E-state index is 15.6. The average Bonchev–Trinajstić information content (AvgIpc) is 3.70. The van der Waals surface area contributed by atoms with E-state index in [2.05, 4.69) is 29.9 Å². The van der Waals surface area contributed by atoms with Crippen LogP contribution in [0, 0.1) is 5.92 Å². The predicted molar refractivity (Wildman–Crippen MR) is 140 cm³/mol. The number of nitrogen functional groups attached to an aromatic ring is 1. The minimum absolute atomic E-state index is 0.0264. The Hall–Kier alpha value is -2.91. The maximum Gasteiger partial charge on any atom is 0.280 e. The van der Waals surface area contributed by atoms with E-state index in [1.54, 1.807) is 4.57 Å². The van der Waals surface area contributed by atoms with Crippen molar-refractivity contribution in [2.45, 2.75) is 43.4 Å². The molecule has 0 amide bonds. The lowest BCUT2D eigenvalue weighted by atomic mass is 10.0. The van der Waals surface area contributed by atoms with E-state index in [4.69, 9.17) is 28.8 Å². The summed E-state index contributed by atoms with van der Waals surface area (Å²) in [5.41, 5.74) is 5.75. The number of hydrogen-bond donors (Lipinski definition) is 3. The SMILES string of the molecule is Nc1nc2c(ncn2[C@@H]2OC3CPOC[C@H]4C[C@H](n5cnc6c(=O)[nH]cnc65)O[C@@H]4COPO[C@@H]2[C@@H]3F)c(=O)[nH]1. The Morgan fingerprint density at radius 2 is 1.82 bits per heavy atom. The molecule has 7 rings (SSSR count). The van der Waals surface area contributed by atoms with Gasteiger partial charge in [-0.3, -0.25) is 23.7 Å². The van der Waals surface area contributed by atoms with Crippen LogP contribution >= 0.6 is 17.8 Å². The molecule has 3 aliphatic heterocycles. The van der Waals surface area contributed by atoms with Gasteiger partial charge < -0.3 is 33.8 Å². The third-order valence-electron chi connectivity index (χ3n) is 7.20. The second kappa shape index (κ2) is 10.5. The normalized spacial score (nSPS) is 32.8. The molecule has 0 saturated carbocycles. The third kappa shape index (κ3) is 4.51. The van der Waals surface area contributed by atoms with Crippen LogP contribution in [-0.4, -0.2) is 82.9 Å². The van der Waals surface area contributed by atoms with Gasteiger partial charge in [-0.1, -0.05) is 0 Å². The molecule has 19 heteroatoms. The summed E-state index contributed by atoms with van der Waals surface area (Å²) in [6.45, 7) is 0.537. The summed E-state index contributed by atoms with van der Waals surface area (Å²) in [6, 6.07) is 0. The van der Waals surface area contributed by atoms with Crippen molar-refractivity contribution in [3.8, 4) is 0 Å². The van der Waals surface area contributed by atoms with Crippen molar-refractivity contribution < 1.29 is 27.4 Å². The Morgan fingerprint density at radius 3 is 2.70 bits per heavy atom. The molecule has 3 saturated heterocycles. The number of nitrogens with two attached hydrogens (primary N) is 1. The molecule has 0 radical (unpaired) electrons. The molecule has 3 unspecified atom stereocenters. The monoisotopic (exact) mass is 595 g/mol. The number of nitrogens with one attached hydrogen (secondary N) is 2. The summed E-state index contributed by atoms with van der Waals surface area (Å²) in [6.07, 6.45) is 0.0358. The predicted octanol–water partition coefficient (Wildman–Crippen LogP) is 0.508. The molecule has 3 fully saturated rings. The van der Waals surface area contributed by atoms with E-state index in [1.165, 1.54) is 23.5 Å². The number of ether oxygens (including phenoxy) is 2. The fraction of sp³-hybridized carbons (Fsp3) is 0.524. The number of halogens is 1. The summed E-state index contributed by atoms with van der Waals surface area (Å²) in [5, 5.41) is 0. The van der Waals surface area contributed by atoms with Gasteiger partial charge in [0.05, 0.1) is 38.3 Å². The highest BCUT2D eigenvalue weighted by atomic mass is 31.1. The first-order valence-electron chi connectivity index (χ1n) is 12.4. The zero-order valence-corrected chi connectivity index (χ0v) is 22.6. The molecule has 7 heterocycles. The molecule has 4 aromatic heterocycles. The van der Waals surface area contributed by atoms with Crippen molar-refractivity contribution >= 4 is 46.1 Å². The third-order valence-corrected chi connectivity index (χ3v) is 8.79. The lowest BCUT2D eigenvalue weighted by Crippen LogP contribution is -2.30. The first-order valence-corrected chi connectivity index (χ1v) is 14.4. The summed E-state index contributed by atoms with van der Waals surface area (Å²) in [5.74, 6) is -0.123. The topological polar surface area (TPSA) is 199 Å². The van der Waals surface area contributed by atoms with Crippen LogP contribution in [0.2, 0.25) is 0 Å². The highest BCUT2D eigenvalue weighted by molar-refractivity contribution is 7.32. The summed E-state index contributed by atoms with van der Waals surface area (Å²) >= 11 is 0. The molecule has 0 spiro atoms. The standard InChI is InChI=1S/C21H24FN9O7P2/c22-12-10-4-39-34-2-8-1-11(30-6-26-13-16(30)24-5-25-18(13)32)36-9(8)3-35-40-38-15(12)20(37-10)31-7-27-14-17(31)28-21(23)29-19(14)33/h5-12,15,20,39-40H,1-4H2,(H,24,25,32)(H3,23,28,29,33)/t8-,9-,10?,11-,12-,15-,20-/m1/s1. The van der Waals surface area contributed by atoms with Gasteiger partial charge in [-0.15, -0.1) is 0 Å². The molecule has 4 aromatic rings. The lowest BCUT2D eigenvalue weighted by molar-refractivity contribution is -0.0348. The number of hydrogen-bond acceptors (Lipinski definition) is 12. The van der Waals surface area contributed by atoms with Crippen LogP contribution in [0.5, 0.6) is 0 Å². The van der Waals surface area contributed by atoms with Gasteiger partial charge in [-0.2, -0.15) is 4.98 Å². The summed E-state index contributed by atoms with van der Waals surface area (Å²) in [4.78, 5) is 45.9. The highest BCUT2D eigenvalue weighted by Gasteiger charge is 2.48. The Bertz CT molecular complexity index is 1660. The zero-order valence-electron chi connectivity index (χ0n) is 20.6. The van der Waals surface area contributed by atoms with E-state index in [1.807, 2.05) is 0 Å².